The molecule has 0 bridgehead atoms. The number of pyridine rings is 1. The topological polar surface area (TPSA) is 88.2 Å². The molecule has 1 aliphatic rings. The zero-order chi connectivity index (χ0) is 19.9. The van der Waals surface area contributed by atoms with Crippen molar-refractivity contribution >= 4 is 21.4 Å². The highest BCUT2D eigenvalue weighted by molar-refractivity contribution is 7.91. The Hall–Kier alpha value is -2.25. The van der Waals surface area contributed by atoms with Gasteiger partial charge in [-0.3, -0.25) is 9.78 Å². The van der Waals surface area contributed by atoms with Gasteiger partial charge in [0.05, 0.1) is 34.6 Å². The molecule has 0 atom stereocenters. The van der Waals surface area contributed by atoms with E-state index in [1.165, 1.54) is 6.42 Å². The third-order valence-electron chi connectivity index (χ3n) is 3.98. The Bertz CT molecular complexity index is 878. The van der Waals surface area contributed by atoms with E-state index in [0.29, 0.717) is 5.69 Å². The third-order valence-corrected chi connectivity index (χ3v) is 5.73. The molecule has 6 nitrogen and oxygen atoms in total. The molecule has 0 spiro atoms. The number of anilines is 1. The molecule has 1 amide bonds. The van der Waals surface area contributed by atoms with E-state index in [4.69, 9.17) is 0 Å². The number of rotatable bonds is 5. The largest absolute Gasteiger partial charge is 0.324 e. The molecule has 2 heterocycles. The standard InChI is InChI=1S/C17H19N3O3S.C3H8/c1-2-24(22,23)15-5-3-12(4-6-15)7-17(21)20-14-8-13-9-18-11-16(13)19-10-14;1-3-2/h3-6,8,10,18H,2,7,9,11H2,1H3,(H,20,21);3H2,1-2H3. The van der Waals surface area contributed by atoms with E-state index < -0.39 is 9.84 Å². The molecule has 27 heavy (non-hydrogen) atoms. The summed E-state index contributed by atoms with van der Waals surface area (Å²) in [5, 5.41) is 6.03. The van der Waals surface area contributed by atoms with Crippen LogP contribution in [-0.4, -0.2) is 25.1 Å². The first kappa shape index (κ1) is 21.1. The number of amides is 1. The molecule has 3 rings (SSSR count). The smallest absolute Gasteiger partial charge is 0.228 e. The lowest BCUT2D eigenvalue weighted by molar-refractivity contribution is -0.115. The van der Waals surface area contributed by atoms with Gasteiger partial charge >= 0.3 is 0 Å². The van der Waals surface area contributed by atoms with Crippen molar-refractivity contribution in [1.82, 2.24) is 10.3 Å². The molecule has 0 fully saturated rings. The molecule has 0 radical (unpaired) electrons. The van der Waals surface area contributed by atoms with Crippen molar-refractivity contribution in [3.05, 3.63) is 53.3 Å². The second kappa shape index (κ2) is 9.62. The highest BCUT2D eigenvalue weighted by Crippen LogP contribution is 2.18. The van der Waals surface area contributed by atoms with E-state index >= 15 is 0 Å². The maximum absolute atomic E-state index is 12.1. The maximum atomic E-state index is 12.1. The second-order valence-corrected chi connectivity index (χ2v) is 8.69. The van der Waals surface area contributed by atoms with Gasteiger partial charge in [0.25, 0.3) is 0 Å². The van der Waals surface area contributed by atoms with Crippen molar-refractivity contribution in [3.8, 4) is 0 Å². The number of benzene rings is 1. The van der Waals surface area contributed by atoms with E-state index in [1.807, 2.05) is 6.07 Å². The van der Waals surface area contributed by atoms with Gasteiger partial charge in [-0.05, 0) is 29.3 Å². The minimum Gasteiger partial charge on any atom is -0.324 e. The summed E-state index contributed by atoms with van der Waals surface area (Å²) >= 11 is 0. The Kier molecular flexibility index (Phi) is 7.50. The number of fused-ring (bicyclic) bond motifs is 1. The first-order valence-corrected chi connectivity index (χ1v) is 10.8. The van der Waals surface area contributed by atoms with E-state index in [2.05, 4.69) is 29.5 Å². The van der Waals surface area contributed by atoms with E-state index in [0.717, 1.165) is 29.9 Å². The van der Waals surface area contributed by atoms with Crippen molar-refractivity contribution in [2.24, 2.45) is 0 Å². The number of hydrogen-bond acceptors (Lipinski definition) is 5. The fraction of sp³-hybridized carbons (Fsp3) is 0.400. The van der Waals surface area contributed by atoms with Gasteiger partial charge in [0.1, 0.15) is 0 Å². The molecular formula is C20H27N3O3S. The van der Waals surface area contributed by atoms with Crippen molar-refractivity contribution in [2.45, 2.75) is 51.6 Å². The molecular weight excluding hydrogens is 362 g/mol. The quantitative estimate of drug-likeness (QED) is 0.820. The van der Waals surface area contributed by atoms with Crippen LogP contribution in [0.15, 0.2) is 41.4 Å². The molecule has 0 unspecified atom stereocenters. The Balaban J connectivity index is 0.000000817. The number of nitrogens with zero attached hydrogens (tertiary/aromatic N) is 1. The Morgan fingerprint density at radius 3 is 2.44 bits per heavy atom. The molecule has 0 aliphatic carbocycles. The predicted molar refractivity (Wildman–Crippen MR) is 107 cm³/mol. The number of sulfone groups is 1. The minimum atomic E-state index is -3.21. The van der Waals surface area contributed by atoms with E-state index in [9.17, 15) is 13.2 Å². The van der Waals surface area contributed by atoms with Gasteiger partial charge in [-0.2, -0.15) is 0 Å². The normalized spacial score (nSPS) is 12.7. The van der Waals surface area contributed by atoms with Crippen LogP contribution < -0.4 is 10.6 Å². The van der Waals surface area contributed by atoms with Crippen LogP contribution in [0.1, 0.15) is 44.0 Å². The second-order valence-electron chi connectivity index (χ2n) is 6.41. The number of aromatic nitrogens is 1. The third kappa shape index (κ3) is 5.87. The van der Waals surface area contributed by atoms with Crippen LogP contribution in [0.25, 0.3) is 0 Å². The molecule has 1 aromatic heterocycles. The summed E-state index contributed by atoms with van der Waals surface area (Å²) in [6.07, 6.45) is 3.09. The summed E-state index contributed by atoms with van der Waals surface area (Å²) in [5.41, 5.74) is 3.55. The first-order valence-electron chi connectivity index (χ1n) is 9.19. The van der Waals surface area contributed by atoms with E-state index in [1.54, 1.807) is 37.4 Å². The van der Waals surface area contributed by atoms with Crippen molar-refractivity contribution in [1.29, 1.82) is 0 Å². The fourth-order valence-corrected chi connectivity index (χ4v) is 3.49. The van der Waals surface area contributed by atoms with Crippen LogP contribution in [-0.2, 0) is 34.1 Å². The lowest BCUT2D eigenvalue weighted by Gasteiger charge is -2.07. The van der Waals surface area contributed by atoms with Gasteiger partial charge in [0.2, 0.25) is 5.91 Å². The molecule has 146 valence electrons. The summed E-state index contributed by atoms with van der Waals surface area (Å²) in [6, 6.07) is 8.37. The van der Waals surface area contributed by atoms with Crippen molar-refractivity contribution in [2.75, 3.05) is 11.1 Å². The summed E-state index contributed by atoms with van der Waals surface area (Å²) in [4.78, 5) is 16.8. The monoisotopic (exact) mass is 389 g/mol. The van der Waals surface area contributed by atoms with E-state index in [-0.39, 0.29) is 23.0 Å². The lowest BCUT2D eigenvalue weighted by atomic mass is 10.1. The maximum Gasteiger partial charge on any atom is 0.228 e. The van der Waals surface area contributed by atoms with Crippen LogP contribution in [0, 0.1) is 0 Å². The van der Waals surface area contributed by atoms with Gasteiger partial charge in [-0.25, -0.2) is 8.42 Å². The number of carbonyl (C=O) groups is 1. The van der Waals surface area contributed by atoms with Gasteiger partial charge in [-0.1, -0.05) is 39.3 Å². The Labute approximate surface area is 161 Å². The first-order chi connectivity index (χ1) is 12.9. The fourth-order valence-electron chi connectivity index (χ4n) is 2.61. The molecule has 2 aromatic rings. The molecule has 0 saturated carbocycles. The van der Waals surface area contributed by atoms with Crippen LogP contribution in [0.2, 0.25) is 0 Å². The summed E-state index contributed by atoms with van der Waals surface area (Å²) in [5.74, 6) is -0.0960. The SMILES string of the molecule is CCC.CCS(=O)(=O)c1ccc(CC(=O)Nc2cnc3c(c2)CNC3)cc1. The molecule has 7 heteroatoms. The van der Waals surface area contributed by atoms with Gasteiger partial charge in [-0.15, -0.1) is 0 Å². The highest BCUT2D eigenvalue weighted by atomic mass is 32.2. The molecule has 1 aliphatic heterocycles. The van der Waals surface area contributed by atoms with Crippen LogP contribution in [0.4, 0.5) is 5.69 Å². The van der Waals surface area contributed by atoms with Gasteiger partial charge < -0.3 is 10.6 Å². The van der Waals surface area contributed by atoms with Crippen molar-refractivity contribution in [3.63, 3.8) is 0 Å². The lowest BCUT2D eigenvalue weighted by Crippen LogP contribution is -2.15. The summed E-state index contributed by atoms with van der Waals surface area (Å²) in [6.45, 7) is 7.38. The number of hydrogen-bond donors (Lipinski definition) is 2. The molecule has 0 saturated heterocycles. The number of nitrogens with one attached hydrogen (secondary N) is 2. The van der Waals surface area contributed by atoms with Gasteiger partial charge in [0, 0.05) is 13.1 Å². The average molecular weight is 390 g/mol. The zero-order valence-electron chi connectivity index (χ0n) is 16.1. The number of carbonyl (C=O) groups excluding carboxylic acids is 1. The van der Waals surface area contributed by atoms with Crippen LogP contribution in [0.5, 0.6) is 0 Å². The zero-order valence-corrected chi connectivity index (χ0v) is 16.9. The summed E-state index contributed by atoms with van der Waals surface area (Å²) in [7, 11) is -3.21. The Morgan fingerprint density at radius 1 is 1.15 bits per heavy atom. The summed E-state index contributed by atoms with van der Waals surface area (Å²) < 4.78 is 23.6. The predicted octanol–water partition coefficient (Wildman–Crippen LogP) is 3.08. The minimum absolute atomic E-state index is 0.0625. The van der Waals surface area contributed by atoms with Crippen molar-refractivity contribution < 1.29 is 13.2 Å². The average Bonchev–Trinajstić information content (AvgIpc) is 3.10. The molecule has 2 N–H and O–H groups in total. The Morgan fingerprint density at radius 2 is 1.81 bits per heavy atom. The molecule has 1 aromatic carbocycles. The highest BCUT2D eigenvalue weighted by Gasteiger charge is 2.14. The van der Waals surface area contributed by atoms with Gasteiger partial charge in [0.15, 0.2) is 9.84 Å². The van der Waals surface area contributed by atoms with Crippen LogP contribution in [0.3, 0.4) is 0 Å². The van der Waals surface area contributed by atoms with Crippen LogP contribution >= 0.6 is 0 Å².